The number of hydrogen-bond acceptors (Lipinski definition) is 4. The summed E-state index contributed by atoms with van der Waals surface area (Å²) in [5, 5.41) is 2.90. The zero-order valence-corrected chi connectivity index (χ0v) is 13.2. The molecule has 4 nitrogen and oxygen atoms in total. The minimum absolute atomic E-state index is 0.194. The molecule has 1 atom stereocenters. The predicted octanol–water partition coefficient (Wildman–Crippen LogP) is 3.84. The van der Waals surface area contributed by atoms with Crippen molar-refractivity contribution in [2.45, 2.75) is 13.0 Å². The molecule has 3 aromatic rings. The summed E-state index contributed by atoms with van der Waals surface area (Å²) in [6.45, 7) is 1.88. The third-order valence-corrected chi connectivity index (χ3v) is 4.14. The molecule has 1 aromatic carbocycles. The Kier molecular flexibility index (Phi) is 4.43. The number of nitrogens with zero attached hydrogens (tertiary/aromatic N) is 2. The molecule has 0 aliphatic carbocycles. The summed E-state index contributed by atoms with van der Waals surface area (Å²) in [7, 11) is 0. The van der Waals surface area contributed by atoms with Gasteiger partial charge in [0.1, 0.15) is 10.7 Å². The highest BCUT2D eigenvalue weighted by atomic mass is 32.1. The van der Waals surface area contributed by atoms with E-state index in [4.69, 9.17) is 0 Å². The summed E-state index contributed by atoms with van der Waals surface area (Å²) in [6.07, 6.45) is 1.69. The van der Waals surface area contributed by atoms with Gasteiger partial charge in [0, 0.05) is 11.8 Å². The second-order valence-electron chi connectivity index (χ2n) is 5.03. The molecule has 0 bridgehead atoms. The Balaban J connectivity index is 1.72. The number of rotatable bonds is 4. The monoisotopic (exact) mass is 327 g/mol. The van der Waals surface area contributed by atoms with Crippen LogP contribution in [-0.4, -0.2) is 15.3 Å². The first-order chi connectivity index (χ1) is 11.1. The van der Waals surface area contributed by atoms with Gasteiger partial charge in [-0.1, -0.05) is 6.07 Å². The fourth-order valence-electron chi connectivity index (χ4n) is 2.11. The van der Waals surface area contributed by atoms with Crippen LogP contribution in [-0.2, 0) is 0 Å². The maximum atomic E-state index is 13.0. The molecule has 1 N–H and O–H groups in total. The lowest BCUT2D eigenvalue weighted by Crippen LogP contribution is -2.26. The minimum atomic E-state index is -0.300. The van der Waals surface area contributed by atoms with E-state index in [1.807, 2.05) is 25.1 Å². The van der Waals surface area contributed by atoms with Crippen LogP contribution in [0.1, 0.15) is 28.3 Å². The van der Waals surface area contributed by atoms with Crippen molar-refractivity contribution in [3.8, 4) is 11.3 Å². The van der Waals surface area contributed by atoms with Gasteiger partial charge >= 0.3 is 0 Å². The lowest BCUT2D eigenvalue weighted by atomic mass is 10.1. The van der Waals surface area contributed by atoms with Crippen molar-refractivity contribution in [3.63, 3.8) is 0 Å². The first-order valence-corrected chi connectivity index (χ1v) is 7.85. The summed E-state index contributed by atoms with van der Waals surface area (Å²) in [5.41, 5.74) is 2.23. The van der Waals surface area contributed by atoms with Gasteiger partial charge in [-0.25, -0.2) is 4.39 Å². The Bertz CT molecular complexity index is 802. The van der Waals surface area contributed by atoms with Crippen LogP contribution in [0.25, 0.3) is 11.3 Å². The Labute approximate surface area is 137 Å². The van der Waals surface area contributed by atoms with E-state index in [9.17, 15) is 9.18 Å². The highest BCUT2D eigenvalue weighted by molar-refractivity contribution is 7.08. The van der Waals surface area contributed by atoms with Crippen LogP contribution < -0.4 is 5.32 Å². The Morgan fingerprint density at radius 3 is 2.70 bits per heavy atom. The largest absolute Gasteiger partial charge is 0.343 e. The summed E-state index contributed by atoms with van der Waals surface area (Å²) >= 11 is 1.12. The number of nitrogens with one attached hydrogen (secondary N) is 1. The van der Waals surface area contributed by atoms with E-state index >= 15 is 0 Å². The van der Waals surface area contributed by atoms with Crippen LogP contribution >= 0.6 is 11.5 Å². The van der Waals surface area contributed by atoms with Crippen LogP contribution in [0.2, 0.25) is 0 Å². The van der Waals surface area contributed by atoms with Gasteiger partial charge in [-0.3, -0.25) is 9.78 Å². The summed E-state index contributed by atoms with van der Waals surface area (Å²) in [5.74, 6) is -0.500. The van der Waals surface area contributed by atoms with E-state index in [1.165, 1.54) is 12.1 Å². The van der Waals surface area contributed by atoms with Crippen LogP contribution in [0.5, 0.6) is 0 Å². The Hall–Kier alpha value is -2.60. The topological polar surface area (TPSA) is 54.9 Å². The Morgan fingerprint density at radius 1 is 1.22 bits per heavy atom. The molecule has 0 saturated heterocycles. The molecule has 2 aromatic heterocycles. The molecule has 3 rings (SSSR count). The maximum absolute atomic E-state index is 13.0. The summed E-state index contributed by atoms with van der Waals surface area (Å²) in [6, 6.07) is 13.1. The SMILES string of the molecule is C[C@@H](NC(=O)c1cc(-c2ccc(F)cc2)ns1)c1ccccn1. The third kappa shape index (κ3) is 3.60. The molecule has 0 aliphatic rings. The average Bonchev–Trinajstić information content (AvgIpc) is 3.06. The molecule has 116 valence electrons. The number of aromatic nitrogens is 2. The van der Waals surface area contributed by atoms with E-state index in [0.29, 0.717) is 10.6 Å². The van der Waals surface area contributed by atoms with Gasteiger partial charge in [0.2, 0.25) is 0 Å². The van der Waals surface area contributed by atoms with Crippen LogP contribution in [0, 0.1) is 5.82 Å². The van der Waals surface area contributed by atoms with Gasteiger partial charge in [0.25, 0.3) is 5.91 Å². The fraction of sp³-hybridized carbons (Fsp3) is 0.118. The third-order valence-electron chi connectivity index (χ3n) is 3.35. The number of hydrogen-bond donors (Lipinski definition) is 1. The average molecular weight is 327 g/mol. The van der Waals surface area contributed by atoms with Crippen molar-refractivity contribution in [3.05, 3.63) is 71.1 Å². The highest BCUT2D eigenvalue weighted by Gasteiger charge is 2.15. The zero-order chi connectivity index (χ0) is 16.2. The first kappa shape index (κ1) is 15.3. The normalized spacial score (nSPS) is 11.9. The van der Waals surface area contributed by atoms with Crippen molar-refractivity contribution in [1.29, 1.82) is 0 Å². The zero-order valence-electron chi connectivity index (χ0n) is 12.4. The molecule has 0 aliphatic heterocycles. The Morgan fingerprint density at radius 2 is 2.00 bits per heavy atom. The number of halogens is 1. The maximum Gasteiger partial charge on any atom is 0.263 e. The van der Waals surface area contributed by atoms with Crippen molar-refractivity contribution in [1.82, 2.24) is 14.7 Å². The number of benzene rings is 1. The van der Waals surface area contributed by atoms with E-state index < -0.39 is 0 Å². The number of amides is 1. The molecule has 0 saturated carbocycles. The molecule has 6 heteroatoms. The van der Waals surface area contributed by atoms with E-state index in [0.717, 1.165) is 22.8 Å². The smallest absolute Gasteiger partial charge is 0.263 e. The first-order valence-electron chi connectivity index (χ1n) is 7.08. The van der Waals surface area contributed by atoms with Crippen molar-refractivity contribution < 1.29 is 9.18 Å². The standard InChI is InChI=1S/C17H14FN3OS/c1-11(14-4-2-3-9-19-14)20-17(22)16-10-15(21-23-16)12-5-7-13(18)8-6-12/h2-11H,1H3,(H,20,22)/t11-/m1/s1. The van der Waals surface area contributed by atoms with Gasteiger partial charge < -0.3 is 5.32 Å². The quantitative estimate of drug-likeness (QED) is 0.792. The van der Waals surface area contributed by atoms with Gasteiger partial charge in [0.05, 0.1) is 17.4 Å². The van der Waals surface area contributed by atoms with Crippen LogP contribution in [0.3, 0.4) is 0 Å². The van der Waals surface area contributed by atoms with E-state index in [-0.39, 0.29) is 17.8 Å². The number of carbonyl (C=O) groups excluding carboxylic acids is 1. The molecular formula is C17H14FN3OS. The fourth-order valence-corrected chi connectivity index (χ4v) is 2.77. The van der Waals surface area contributed by atoms with Gasteiger partial charge in [0.15, 0.2) is 0 Å². The molecule has 0 fully saturated rings. The van der Waals surface area contributed by atoms with Crippen LogP contribution in [0.4, 0.5) is 4.39 Å². The second-order valence-corrected chi connectivity index (χ2v) is 5.84. The van der Waals surface area contributed by atoms with Crippen molar-refractivity contribution >= 4 is 17.4 Å². The van der Waals surface area contributed by atoms with Gasteiger partial charge in [-0.15, -0.1) is 0 Å². The molecule has 0 spiro atoms. The minimum Gasteiger partial charge on any atom is -0.343 e. The molecule has 2 heterocycles. The number of carbonyl (C=O) groups is 1. The second kappa shape index (κ2) is 6.66. The molecular weight excluding hydrogens is 313 g/mol. The van der Waals surface area contributed by atoms with Crippen LogP contribution in [0.15, 0.2) is 54.7 Å². The summed E-state index contributed by atoms with van der Waals surface area (Å²) in [4.78, 5) is 17.0. The van der Waals surface area contributed by atoms with Crippen molar-refractivity contribution in [2.24, 2.45) is 0 Å². The van der Waals surface area contributed by atoms with Gasteiger partial charge in [-0.2, -0.15) is 4.37 Å². The summed E-state index contributed by atoms with van der Waals surface area (Å²) < 4.78 is 17.2. The lowest BCUT2D eigenvalue weighted by molar-refractivity contribution is 0.0943. The molecule has 0 unspecified atom stereocenters. The molecule has 1 amide bonds. The van der Waals surface area contributed by atoms with Crippen molar-refractivity contribution in [2.75, 3.05) is 0 Å². The predicted molar refractivity (Wildman–Crippen MR) is 87.6 cm³/mol. The molecule has 23 heavy (non-hydrogen) atoms. The van der Waals surface area contributed by atoms with E-state index in [2.05, 4.69) is 14.7 Å². The number of pyridine rings is 1. The molecule has 0 radical (unpaired) electrons. The van der Waals surface area contributed by atoms with Gasteiger partial charge in [-0.05, 0) is 60.9 Å². The van der Waals surface area contributed by atoms with E-state index in [1.54, 1.807) is 24.4 Å². The lowest BCUT2D eigenvalue weighted by Gasteiger charge is -2.11. The highest BCUT2D eigenvalue weighted by Crippen LogP contribution is 2.22.